The number of benzene rings is 2. The molecule has 0 bridgehead atoms. The third-order valence-electron chi connectivity index (χ3n) is 5.15. The highest BCUT2D eigenvalue weighted by Gasteiger charge is 2.28. The summed E-state index contributed by atoms with van der Waals surface area (Å²) >= 11 is 1.55. The molecule has 0 fully saturated rings. The van der Waals surface area contributed by atoms with Gasteiger partial charge in [-0.3, -0.25) is 9.59 Å². The fraction of sp³-hybridized carbons (Fsp3) is 0.250. The van der Waals surface area contributed by atoms with Crippen LogP contribution in [0.1, 0.15) is 33.3 Å². The van der Waals surface area contributed by atoms with Gasteiger partial charge in [-0.25, -0.2) is 4.39 Å². The summed E-state index contributed by atoms with van der Waals surface area (Å²) in [6, 6.07) is 12.1. The molecule has 1 amide bonds. The van der Waals surface area contributed by atoms with Gasteiger partial charge in [0.15, 0.2) is 5.78 Å². The predicted octanol–water partition coefficient (Wildman–Crippen LogP) is 4.73. The third-order valence-corrected chi connectivity index (χ3v) is 6.02. The average molecular weight is 424 g/mol. The first kappa shape index (κ1) is 20.3. The van der Waals surface area contributed by atoms with Gasteiger partial charge < -0.3 is 10.1 Å². The Bertz CT molecular complexity index is 1110. The van der Waals surface area contributed by atoms with Gasteiger partial charge in [-0.05, 0) is 60.7 Å². The normalized spacial score (nSPS) is 14.8. The first-order valence-electron chi connectivity index (χ1n) is 9.81. The zero-order valence-corrected chi connectivity index (χ0v) is 17.6. The molecule has 154 valence electrons. The Morgan fingerprint density at radius 2 is 2.03 bits per heavy atom. The van der Waals surface area contributed by atoms with Crippen LogP contribution in [0.15, 0.2) is 47.8 Å². The molecule has 1 aliphatic rings. The molecule has 4 rings (SSSR count). The molecule has 0 spiro atoms. The average Bonchev–Trinajstić information content (AvgIpc) is 3.35. The van der Waals surface area contributed by atoms with Crippen molar-refractivity contribution >= 4 is 23.0 Å². The maximum absolute atomic E-state index is 14.6. The topological polar surface area (TPSA) is 55.4 Å². The molecular weight excluding hydrogens is 401 g/mol. The van der Waals surface area contributed by atoms with Gasteiger partial charge >= 0.3 is 0 Å². The summed E-state index contributed by atoms with van der Waals surface area (Å²) in [7, 11) is 0. The highest BCUT2D eigenvalue weighted by Crippen LogP contribution is 2.41. The van der Waals surface area contributed by atoms with E-state index in [0.717, 1.165) is 16.0 Å². The Morgan fingerprint density at radius 1 is 1.20 bits per heavy atom. The van der Waals surface area contributed by atoms with Gasteiger partial charge in [-0.15, -0.1) is 11.3 Å². The number of nitrogens with one attached hydrogen (secondary N) is 1. The number of ketones is 1. The van der Waals surface area contributed by atoms with Crippen LogP contribution < -0.4 is 10.1 Å². The standard InChI is InChI=1S/C24H22FNO3S/c1-14-8-17-10-18(13-26-23(28)12-19-4-3-7-30-19)29-24(17)21(9-14)20-11-16(15(2)27)5-6-22(20)25/h3-9,11,18H,10,12-13H2,1-2H3,(H,26,28)/t18-/m1/s1. The maximum atomic E-state index is 14.6. The minimum Gasteiger partial charge on any atom is -0.487 e. The first-order valence-corrected chi connectivity index (χ1v) is 10.7. The molecule has 1 aliphatic heterocycles. The van der Waals surface area contributed by atoms with Crippen molar-refractivity contribution in [1.82, 2.24) is 5.32 Å². The van der Waals surface area contributed by atoms with Crippen molar-refractivity contribution < 1.29 is 18.7 Å². The summed E-state index contributed by atoms with van der Waals surface area (Å²) in [4.78, 5) is 25.0. The Labute approximate surface area is 178 Å². The number of carbonyl (C=O) groups excluding carboxylic acids is 2. The van der Waals surface area contributed by atoms with Crippen molar-refractivity contribution in [2.45, 2.75) is 32.8 Å². The molecule has 1 atom stereocenters. The maximum Gasteiger partial charge on any atom is 0.225 e. The van der Waals surface area contributed by atoms with Crippen molar-refractivity contribution in [1.29, 1.82) is 0 Å². The lowest BCUT2D eigenvalue weighted by Gasteiger charge is -2.15. The number of fused-ring (bicyclic) bond motifs is 1. The fourth-order valence-corrected chi connectivity index (χ4v) is 4.42. The molecule has 0 radical (unpaired) electrons. The minimum absolute atomic E-state index is 0.0476. The van der Waals surface area contributed by atoms with Crippen molar-refractivity contribution in [2.75, 3.05) is 6.54 Å². The van der Waals surface area contributed by atoms with E-state index in [1.54, 1.807) is 17.4 Å². The van der Waals surface area contributed by atoms with Crippen molar-refractivity contribution in [2.24, 2.45) is 0 Å². The summed E-state index contributed by atoms with van der Waals surface area (Å²) in [6.45, 7) is 3.79. The van der Waals surface area contributed by atoms with E-state index in [-0.39, 0.29) is 17.8 Å². The number of Topliss-reactive ketones (excluding diaryl/α,β-unsaturated/α-hetero) is 1. The lowest BCUT2D eigenvalue weighted by Crippen LogP contribution is -2.35. The van der Waals surface area contributed by atoms with Gasteiger partial charge in [0.1, 0.15) is 17.7 Å². The molecule has 0 unspecified atom stereocenters. The van der Waals surface area contributed by atoms with Gasteiger partial charge in [-0.2, -0.15) is 0 Å². The Hall–Kier alpha value is -2.99. The van der Waals surface area contributed by atoms with E-state index in [4.69, 9.17) is 4.74 Å². The van der Waals surface area contributed by atoms with Gasteiger partial charge in [0.05, 0.1) is 13.0 Å². The Kier molecular flexibility index (Phi) is 5.68. The largest absolute Gasteiger partial charge is 0.487 e. The van der Waals surface area contributed by atoms with Crippen LogP contribution in [-0.4, -0.2) is 24.3 Å². The highest BCUT2D eigenvalue weighted by atomic mass is 32.1. The molecule has 2 heterocycles. The molecule has 4 nitrogen and oxygen atoms in total. The lowest BCUT2D eigenvalue weighted by atomic mass is 9.95. The van der Waals surface area contributed by atoms with Crippen molar-refractivity contribution in [3.05, 3.63) is 75.2 Å². The van der Waals surface area contributed by atoms with E-state index in [2.05, 4.69) is 5.32 Å². The number of halogens is 1. The van der Waals surface area contributed by atoms with E-state index < -0.39 is 5.82 Å². The molecule has 2 aromatic carbocycles. The van der Waals surface area contributed by atoms with Crippen LogP contribution in [0.3, 0.4) is 0 Å². The fourth-order valence-electron chi connectivity index (χ4n) is 3.72. The number of hydrogen-bond donors (Lipinski definition) is 1. The van der Waals surface area contributed by atoms with Gasteiger partial charge in [0.25, 0.3) is 0 Å². The number of carbonyl (C=O) groups is 2. The minimum atomic E-state index is -0.399. The molecule has 30 heavy (non-hydrogen) atoms. The monoisotopic (exact) mass is 423 g/mol. The summed E-state index contributed by atoms with van der Waals surface area (Å²) in [6.07, 6.45) is 0.772. The van der Waals surface area contributed by atoms with E-state index >= 15 is 0 Å². The molecule has 3 aromatic rings. The van der Waals surface area contributed by atoms with Crippen LogP contribution in [0.25, 0.3) is 11.1 Å². The van der Waals surface area contributed by atoms with Crippen LogP contribution >= 0.6 is 11.3 Å². The van der Waals surface area contributed by atoms with Crippen LogP contribution in [0.2, 0.25) is 0 Å². The van der Waals surface area contributed by atoms with Crippen LogP contribution in [0.5, 0.6) is 5.75 Å². The molecule has 0 aliphatic carbocycles. The number of aryl methyl sites for hydroxylation is 1. The lowest BCUT2D eigenvalue weighted by molar-refractivity contribution is -0.120. The van der Waals surface area contributed by atoms with Gasteiger partial charge in [-0.1, -0.05) is 12.1 Å². The number of ether oxygens (including phenoxy) is 1. The number of thiophene rings is 1. The van der Waals surface area contributed by atoms with E-state index in [1.165, 1.54) is 19.1 Å². The number of hydrogen-bond acceptors (Lipinski definition) is 4. The molecule has 6 heteroatoms. The second-order valence-corrected chi connectivity index (χ2v) is 8.59. The Morgan fingerprint density at radius 3 is 2.77 bits per heavy atom. The summed E-state index contributed by atoms with van der Waals surface area (Å²) in [5.41, 5.74) is 3.41. The Balaban J connectivity index is 1.53. The first-order chi connectivity index (χ1) is 14.4. The third kappa shape index (κ3) is 4.28. The van der Waals surface area contributed by atoms with Crippen LogP contribution in [0.4, 0.5) is 4.39 Å². The molecular formula is C24H22FNO3S. The smallest absolute Gasteiger partial charge is 0.225 e. The molecule has 0 saturated heterocycles. The predicted molar refractivity (Wildman–Crippen MR) is 116 cm³/mol. The number of amides is 1. The summed E-state index contributed by atoms with van der Waals surface area (Å²) in [5.74, 6) is 0.0585. The summed E-state index contributed by atoms with van der Waals surface area (Å²) in [5, 5.41) is 4.88. The van der Waals surface area contributed by atoms with Crippen LogP contribution in [0, 0.1) is 12.7 Å². The van der Waals surface area contributed by atoms with Gasteiger partial charge in [0.2, 0.25) is 5.91 Å². The molecule has 1 N–H and O–H groups in total. The zero-order valence-electron chi connectivity index (χ0n) is 16.8. The quantitative estimate of drug-likeness (QED) is 0.584. The second-order valence-electron chi connectivity index (χ2n) is 7.56. The molecule has 1 aromatic heterocycles. The second kappa shape index (κ2) is 8.40. The SMILES string of the molecule is CC(=O)c1ccc(F)c(-c2cc(C)cc3c2O[C@@H](CNC(=O)Cc2cccs2)C3)c1. The molecule has 0 saturated carbocycles. The highest BCUT2D eigenvalue weighted by molar-refractivity contribution is 7.10. The van der Waals surface area contributed by atoms with Crippen molar-refractivity contribution in [3.8, 4) is 16.9 Å². The summed E-state index contributed by atoms with van der Waals surface area (Å²) < 4.78 is 20.8. The van der Waals surface area contributed by atoms with Gasteiger partial charge in [0, 0.05) is 28.0 Å². The van der Waals surface area contributed by atoms with Crippen molar-refractivity contribution in [3.63, 3.8) is 0 Å². The zero-order chi connectivity index (χ0) is 21.3. The number of rotatable bonds is 6. The van der Waals surface area contributed by atoms with Crippen LogP contribution in [-0.2, 0) is 17.6 Å². The van der Waals surface area contributed by atoms with E-state index in [0.29, 0.717) is 41.8 Å². The van der Waals surface area contributed by atoms with E-state index in [9.17, 15) is 14.0 Å². The van der Waals surface area contributed by atoms with E-state index in [1.807, 2.05) is 36.6 Å².